The van der Waals surface area contributed by atoms with Gasteiger partial charge < -0.3 is 4.74 Å². The fourth-order valence-electron chi connectivity index (χ4n) is 0.257. The molecule has 0 aliphatic rings. The second-order valence-electron chi connectivity index (χ2n) is 1.70. The van der Waals surface area contributed by atoms with E-state index in [-0.39, 0.29) is 0 Å². The fourth-order valence-corrected chi connectivity index (χ4v) is 0.257. The Kier molecular flexibility index (Phi) is 3.16. The fraction of sp³-hybridized carbons (Fsp3) is 0.800. The van der Waals surface area contributed by atoms with E-state index in [9.17, 15) is 13.2 Å². The predicted octanol–water partition coefficient (Wildman–Crippen LogP) is 1.48. The third kappa shape index (κ3) is 5.38. The van der Waals surface area contributed by atoms with Crippen molar-refractivity contribution in [1.82, 2.24) is 0 Å². The minimum atomic E-state index is -4.34. The number of halogens is 3. The number of nitriles is 1. The molecule has 5 heteroatoms. The quantitative estimate of drug-likeness (QED) is 0.601. The second-order valence-corrected chi connectivity index (χ2v) is 1.70. The molecule has 0 N–H and O–H groups in total. The molecule has 0 aromatic rings. The van der Waals surface area contributed by atoms with Crippen LogP contribution in [-0.2, 0) is 4.74 Å². The summed E-state index contributed by atoms with van der Waals surface area (Å²) < 4.78 is 38.0. The Labute approximate surface area is 56.2 Å². The van der Waals surface area contributed by atoms with Gasteiger partial charge in [-0.05, 0) is 6.92 Å². The molecule has 0 fully saturated rings. The van der Waals surface area contributed by atoms with Crippen molar-refractivity contribution in [1.29, 1.82) is 5.26 Å². The smallest absolute Gasteiger partial charge is 0.354 e. The van der Waals surface area contributed by atoms with Gasteiger partial charge in [-0.15, -0.1) is 0 Å². The van der Waals surface area contributed by atoms with Crippen molar-refractivity contribution in [3.8, 4) is 6.07 Å². The monoisotopic (exact) mass is 153 g/mol. The molecule has 0 amide bonds. The number of rotatable bonds is 2. The van der Waals surface area contributed by atoms with Crippen LogP contribution in [0.25, 0.3) is 0 Å². The van der Waals surface area contributed by atoms with E-state index in [1.807, 2.05) is 0 Å². The zero-order chi connectivity index (χ0) is 8.20. The van der Waals surface area contributed by atoms with Gasteiger partial charge in [-0.25, -0.2) is 0 Å². The van der Waals surface area contributed by atoms with Crippen LogP contribution in [0.3, 0.4) is 0 Å². The van der Waals surface area contributed by atoms with Gasteiger partial charge in [0.15, 0.2) is 0 Å². The molecule has 0 aliphatic carbocycles. The van der Waals surface area contributed by atoms with Crippen molar-refractivity contribution >= 4 is 0 Å². The maximum Gasteiger partial charge on any atom is 0.411 e. The lowest BCUT2D eigenvalue weighted by Gasteiger charge is -2.07. The lowest BCUT2D eigenvalue weighted by Crippen LogP contribution is -2.20. The lowest BCUT2D eigenvalue weighted by atomic mass is 10.5. The molecular weight excluding hydrogens is 147 g/mol. The largest absolute Gasteiger partial charge is 0.411 e. The first kappa shape index (κ1) is 9.24. The molecule has 1 unspecified atom stereocenters. The van der Waals surface area contributed by atoms with Gasteiger partial charge in [0.05, 0.1) is 6.07 Å². The maximum absolute atomic E-state index is 11.3. The van der Waals surface area contributed by atoms with E-state index in [0.717, 1.165) is 0 Å². The van der Waals surface area contributed by atoms with Crippen molar-refractivity contribution in [3.63, 3.8) is 0 Å². The topological polar surface area (TPSA) is 33.0 Å². The number of nitrogens with zero attached hydrogens (tertiary/aromatic N) is 1. The maximum atomic E-state index is 11.3. The summed E-state index contributed by atoms with van der Waals surface area (Å²) in [6.07, 6.45) is -5.34. The van der Waals surface area contributed by atoms with E-state index in [0.29, 0.717) is 0 Å². The van der Waals surface area contributed by atoms with Gasteiger partial charge in [0.25, 0.3) is 0 Å². The van der Waals surface area contributed by atoms with E-state index in [1.165, 1.54) is 13.0 Å². The van der Waals surface area contributed by atoms with Gasteiger partial charge in [-0.3, -0.25) is 0 Å². The summed E-state index contributed by atoms with van der Waals surface area (Å²) >= 11 is 0. The summed E-state index contributed by atoms with van der Waals surface area (Å²) in [4.78, 5) is 0. The van der Waals surface area contributed by atoms with Crippen LogP contribution in [0.4, 0.5) is 13.2 Å². The van der Waals surface area contributed by atoms with E-state index in [4.69, 9.17) is 5.26 Å². The summed E-state index contributed by atoms with van der Waals surface area (Å²) in [6.45, 7) is -0.104. The third-order valence-electron chi connectivity index (χ3n) is 0.679. The molecule has 0 saturated heterocycles. The summed E-state index contributed by atoms with van der Waals surface area (Å²) in [6, 6.07) is 1.52. The van der Waals surface area contributed by atoms with Gasteiger partial charge in [-0.1, -0.05) is 0 Å². The van der Waals surface area contributed by atoms with Crippen molar-refractivity contribution in [2.75, 3.05) is 6.61 Å². The first-order chi connectivity index (χ1) is 4.45. The molecule has 58 valence electrons. The predicted molar refractivity (Wildman–Crippen MR) is 27.1 cm³/mol. The van der Waals surface area contributed by atoms with Crippen LogP contribution in [0.2, 0.25) is 0 Å². The van der Waals surface area contributed by atoms with Crippen molar-refractivity contribution in [2.24, 2.45) is 0 Å². The molecule has 0 heterocycles. The van der Waals surface area contributed by atoms with Crippen LogP contribution < -0.4 is 0 Å². The zero-order valence-corrected chi connectivity index (χ0v) is 5.27. The Bertz CT molecular complexity index is 137. The first-order valence-corrected chi connectivity index (χ1v) is 2.53. The minimum absolute atomic E-state index is 0.998. The average Bonchev–Trinajstić information content (AvgIpc) is 1.81. The van der Waals surface area contributed by atoms with Crippen LogP contribution in [-0.4, -0.2) is 18.9 Å². The highest BCUT2D eigenvalue weighted by Crippen LogP contribution is 2.14. The molecule has 0 aromatic carbocycles. The van der Waals surface area contributed by atoms with Crippen molar-refractivity contribution in [2.45, 2.75) is 19.2 Å². The van der Waals surface area contributed by atoms with E-state index >= 15 is 0 Å². The van der Waals surface area contributed by atoms with E-state index < -0.39 is 18.9 Å². The number of hydrogen-bond donors (Lipinski definition) is 0. The number of ether oxygens (including phenoxy) is 1. The summed E-state index contributed by atoms with van der Waals surface area (Å²) in [5.41, 5.74) is 0. The van der Waals surface area contributed by atoms with Gasteiger partial charge in [0.2, 0.25) is 0 Å². The Morgan fingerprint density at radius 3 is 2.40 bits per heavy atom. The Balaban J connectivity index is 3.48. The Morgan fingerprint density at radius 2 is 2.10 bits per heavy atom. The Hall–Kier alpha value is -0.760. The van der Waals surface area contributed by atoms with Crippen LogP contribution in [0.15, 0.2) is 0 Å². The molecular formula is C5H6F3NO. The van der Waals surface area contributed by atoms with Gasteiger partial charge in [-0.2, -0.15) is 18.4 Å². The highest BCUT2D eigenvalue weighted by molar-refractivity contribution is 4.79. The third-order valence-corrected chi connectivity index (χ3v) is 0.679. The van der Waals surface area contributed by atoms with Gasteiger partial charge >= 0.3 is 6.18 Å². The lowest BCUT2D eigenvalue weighted by molar-refractivity contribution is -0.178. The van der Waals surface area contributed by atoms with Gasteiger partial charge in [0.1, 0.15) is 12.7 Å². The van der Waals surface area contributed by atoms with Crippen LogP contribution in [0.5, 0.6) is 0 Å². The SMILES string of the molecule is CC(C#N)OCC(F)(F)F. The highest BCUT2D eigenvalue weighted by Gasteiger charge is 2.28. The average molecular weight is 153 g/mol. The molecule has 0 rings (SSSR count). The molecule has 1 atom stereocenters. The van der Waals surface area contributed by atoms with Crippen molar-refractivity contribution in [3.05, 3.63) is 0 Å². The normalized spacial score (nSPS) is 14.3. The summed E-state index contributed by atoms with van der Waals surface area (Å²) in [7, 11) is 0. The molecule has 0 bridgehead atoms. The Morgan fingerprint density at radius 1 is 1.60 bits per heavy atom. The molecule has 10 heavy (non-hydrogen) atoms. The van der Waals surface area contributed by atoms with Crippen LogP contribution >= 0.6 is 0 Å². The summed E-state index contributed by atoms with van der Waals surface area (Å²) in [5, 5.41) is 7.99. The second kappa shape index (κ2) is 3.42. The highest BCUT2D eigenvalue weighted by atomic mass is 19.4. The van der Waals surface area contributed by atoms with Crippen LogP contribution in [0, 0.1) is 11.3 Å². The molecule has 0 radical (unpaired) electrons. The number of alkyl halides is 3. The van der Waals surface area contributed by atoms with Crippen molar-refractivity contribution < 1.29 is 17.9 Å². The van der Waals surface area contributed by atoms with E-state index in [2.05, 4.69) is 4.74 Å². The first-order valence-electron chi connectivity index (χ1n) is 2.53. The van der Waals surface area contributed by atoms with Gasteiger partial charge in [0, 0.05) is 0 Å². The molecule has 0 saturated carbocycles. The van der Waals surface area contributed by atoms with E-state index in [1.54, 1.807) is 0 Å². The molecule has 0 aliphatic heterocycles. The minimum Gasteiger partial charge on any atom is -0.354 e. The molecule has 2 nitrogen and oxygen atoms in total. The molecule has 0 spiro atoms. The number of hydrogen-bond acceptors (Lipinski definition) is 2. The molecule has 0 aromatic heterocycles. The zero-order valence-electron chi connectivity index (χ0n) is 5.27. The van der Waals surface area contributed by atoms with Crippen LogP contribution in [0.1, 0.15) is 6.92 Å². The summed E-state index contributed by atoms with van der Waals surface area (Å²) in [5.74, 6) is 0. The standard InChI is InChI=1S/C5H6F3NO/c1-4(2-9)10-3-5(6,7)8/h4H,3H2,1H3.